The molecule has 0 radical (unpaired) electrons. The molecule has 0 aromatic rings. The van der Waals surface area contributed by atoms with Crippen LogP contribution < -0.4 is 11.1 Å². The lowest BCUT2D eigenvalue weighted by Gasteiger charge is -2.37. The fraction of sp³-hybridized carbons (Fsp3) is 0.938. The molecule has 3 N–H and O–H groups in total. The number of nitrogens with zero attached hydrogens (tertiary/aromatic N) is 1. The van der Waals surface area contributed by atoms with Gasteiger partial charge in [0.25, 0.3) is 0 Å². The zero-order valence-corrected chi connectivity index (χ0v) is 13.2. The van der Waals surface area contributed by atoms with Gasteiger partial charge in [0.15, 0.2) is 0 Å². The highest BCUT2D eigenvalue weighted by atomic mass is 16.1. The Morgan fingerprint density at radius 2 is 2.05 bits per heavy atom. The first-order chi connectivity index (χ1) is 9.58. The smallest absolute Gasteiger partial charge is 0.239 e. The third-order valence-corrected chi connectivity index (χ3v) is 4.99. The summed E-state index contributed by atoms with van der Waals surface area (Å²) in [6, 6.07) is 0. The van der Waals surface area contributed by atoms with E-state index in [1.54, 1.807) is 0 Å². The van der Waals surface area contributed by atoms with Crippen molar-refractivity contribution >= 4 is 5.91 Å². The second kappa shape index (κ2) is 6.90. The number of nitrogens with one attached hydrogen (secondary N) is 1. The van der Waals surface area contributed by atoms with Crippen LogP contribution in [0.5, 0.6) is 0 Å². The minimum absolute atomic E-state index is 0.147. The van der Waals surface area contributed by atoms with Gasteiger partial charge in [-0.15, -0.1) is 0 Å². The standard InChI is InChI=1S/C16H31N3O/c1-3-9-18-16(15(17)20,14-6-7-14)12-19-10-4-5-13(2)8-11-19/h13-14,18H,3-12H2,1-2H3,(H2,17,20). The predicted octanol–water partition coefficient (Wildman–Crippen LogP) is 1.74. The van der Waals surface area contributed by atoms with E-state index >= 15 is 0 Å². The minimum atomic E-state index is -0.483. The van der Waals surface area contributed by atoms with E-state index in [2.05, 4.69) is 24.1 Å². The van der Waals surface area contributed by atoms with Crippen molar-refractivity contribution in [2.45, 2.75) is 57.9 Å². The van der Waals surface area contributed by atoms with Crippen LogP contribution in [0, 0.1) is 11.8 Å². The fourth-order valence-corrected chi connectivity index (χ4v) is 3.45. The van der Waals surface area contributed by atoms with Gasteiger partial charge in [-0.2, -0.15) is 0 Å². The van der Waals surface area contributed by atoms with E-state index in [9.17, 15) is 4.79 Å². The first kappa shape index (κ1) is 15.8. The molecule has 2 atom stereocenters. The Balaban J connectivity index is 2.04. The van der Waals surface area contributed by atoms with Crippen LogP contribution in [0.2, 0.25) is 0 Å². The zero-order chi connectivity index (χ0) is 14.6. The average molecular weight is 281 g/mol. The number of rotatable bonds is 7. The molecule has 2 fully saturated rings. The largest absolute Gasteiger partial charge is 0.368 e. The Bertz CT molecular complexity index is 330. The van der Waals surface area contributed by atoms with Crippen LogP contribution in [0.15, 0.2) is 0 Å². The molecule has 116 valence electrons. The maximum Gasteiger partial charge on any atom is 0.239 e. The minimum Gasteiger partial charge on any atom is -0.368 e. The Morgan fingerprint density at radius 3 is 2.65 bits per heavy atom. The summed E-state index contributed by atoms with van der Waals surface area (Å²) in [6.45, 7) is 8.38. The SMILES string of the molecule is CCCNC(CN1CCCC(C)CC1)(C(N)=O)C1CC1. The van der Waals surface area contributed by atoms with Crippen molar-refractivity contribution in [1.82, 2.24) is 10.2 Å². The fourth-order valence-electron chi connectivity index (χ4n) is 3.45. The third-order valence-electron chi connectivity index (χ3n) is 4.99. The van der Waals surface area contributed by atoms with Crippen LogP contribution >= 0.6 is 0 Å². The molecule has 0 aromatic heterocycles. The Labute approximate surface area is 123 Å². The van der Waals surface area contributed by atoms with Gasteiger partial charge in [0, 0.05) is 6.54 Å². The third kappa shape index (κ3) is 3.73. The van der Waals surface area contributed by atoms with Crippen molar-refractivity contribution < 1.29 is 4.79 Å². The maximum atomic E-state index is 12.2. The molecule has 0 aromatic carbocycles. The molecule has 2 rings (SSSR count). The van der Waals surface area contributed by atoms with Crippen molar-refractivity contribution in [3.05, 3.63) is 0 Å². The Morgan fingerprint density at radius 1 is 1.30 bits per heavy atom. The zero-order valence-electron chi connectivity index (χ0n) is 13.2. The normalized spacial score (nSPS) is 27.8. The van der Waals surface area contributed by atoms with Crippen LogP contribution in [0.3, 0.4) is 0 Å². The van der Waals surface area contributed by atoms with E-state index in [4.69, 9.17) is 5.73 Å². The van der Waals surface area contributed by atoms with Crippen molar-refractivity contribution in [3.8, 4) is 0 Å². The lowest BCUT2D eigenvalue weighted by Crippen LogP contribution is -2.63. The van der Waals surface area contributed by atoms with E-state index in [0.717, 1.165) is 51.4 Å². The van der Waals surface area contributed by atoms with E-state index in [1.165, 1.54) is 19.3 Å². The van der Waals surface area contributed by atoms with Gasteiger partial charge in [-0.25, -0.2) is 0 Å². The number of nitrogens with two attached hydrogens (primary N) is 1. The van der Waals surface area contributed by atoms with Gasteiger partial charge in [-0.3, -0.25) is 4.79 Å². The molecule has 1 saturated carbocycles. The summed E-state index contributed by atoms with van der Waals surface area (Å²) in [7, 11) is 0. The molecule has 1 amide bonds. The van der Waals surface area contributed by atoms with Gasteiger partial charge < -0.3 is 16.0 Å². The van der Waals surface area contributed by atoms with Gasteiger partial charge in [-0.1, -0.05) is 13.8 Å². The van der Waals surface area contributed by atoms with Crippen molar-refractivity contribution in [1.29, 1.82) is 0 Å². The number of hydrogen-bond donors (Lipinski definition) is 2. The quantitative estimate of drug-likeness (QED) is 0.747. The van der Waals surface area contributed by atoms with Gasteiger partial charge in [0.05, 0.1) is 0 Å². The summed E-state index contributed by atoms with van der Waals surface area (Å²) in [5.74, 6) is 1.12. The highest BCUT2D eigenvalue weighted by Gasteiger charge is 2.50. The average Bonchev–Trinajstić information content (AvgIpc) is 3.23. The highest BCUT2D eigenvalue weighted by Crippen LogP contribution is 2.40. The molecule has 1 aliphatic carbocycles. The number of likely N-dealkylation sites (tertiary alicyclic amines) is 1. The van der Waals surface area contributed by atoms with E-state index in [0.29, 0.717) is 5.92 Å². The summed E-state index contributed by atoms with van der Waals surface area (Å²) in [5.41, 5.74) is 5.33. The summed E-state index contributed by atoms with van der Waals surface area (Å²) >= 11 is 0. The summed E-state index contributed by atoms with van der Waals surface area (Å²) < 4.78 is 0. The van der Waals surface area contributed by atoms with E-state index in [-0.39, 0.29) is 5.91 Å². The Kier molecular flexibility index (Phi) is 5.44. The highest BCUT2D eigenvalue weighted by molar-refractivity contribution is 5.86. The molecule has 20 heavy (non-hydrogen) atoms. The number of carbonyl (C=O) groups excluding carboxylic acids is 1. The van der Waals surface area contributed by atoms with Crippen LogP contribution in [-0.2, 0) is 4.79 Å². The first-order valence-corrected chi connectivity index (χ1v) is 8.35. The summed E-state index contributed by atoms with van der Waals surface area (Å²) in [5, 5.41) is 3.51. The molecule has 1 heterocycles. The number of primary amides is 1. The molecule has 0 spiro atoms. The lowest BCUT2D eigenvalue weighted by atomic mass is 9.90. The van der Waals surface area contributed by atoms with Crippen molar-refractivity contribution in [3.63, 3.8) is 0 Å². The first-order valence-electron chi connectivity index (χ1n) is 8.35. The lowest BCUT2D eigenvalue weighted by molar-refractivity contribution is -0.126. The summed E-state index contributed by atoms with van der Waals surface area (Å²) in [6.07, 6.45) is 7.13. The molecular weight excluding hydrogens is 250 g/mol. The van der Waals surface area contributed by atoms with Crippen LogP contribution in [0.4, 0.5) is 0 Å². The number of carbonyl (C=O) groups is 1. The topological polar surface area (TPSA) is 58.4 Å². The monoisotopic (exact) mass is 281 g/mol. The van der Waals surface area contributed by atoms with Gasteiger partial charge in [0.1, 0.15) is 5.54 Å². The molecule has 1 saturated heterocycles. The van der Waals surface area contributed by atoms with Crippen molar-refractivity contribution in [2.75, 3.05) is 26.2 Å². The van der Waals surface area contributed by atoms with Gasteiger partial charge in [0.2, 0.25) is 5.91 Å². The van der Waals surface area contributed by atoms with Crippen molar-refractivity contribution in [2.24, 2.45) is 17.6 Å². The van der Waals surface area contributed by atoms with Crippen LogP contribution in [0.25, 0.3) is 0 Å². The molecule has 4 nitrogen and oxygen atoms in total. The molecule has 1 aliphatic heterocycles. The Hall–Kier alpha value is -0.610. The molecule has 0 bridgehead atoms. The second-order valence-electron chi connectivity index (χ2n) is 6.85. The van der Waals surface area contributed by atoms with E-state index < -0.39 is 5.54 Å². The number of hydrogen-bond acceptors (Lipinski definition) is 3. The second-order valence-corrected chi connectivity index (χ2v) is 6.85. The molecule has 2 unspecified atom stereocenters. The van der Waals surface area contributed by atoms with Gasteiger partial charge in [-0.05, 0) is 70.0 Å². The van der Waals surface area contributed by atoms with Crippen LogP contribution in [-0.4, -0.2) is 42.5 Å². The van der Waals surface area contributed by atoms with E-state index in [1.807, 2.05) is 0 Å². The van der Waals surface area contributed by atoms with Crippen LogP contribution in [0.1, 0.15) is 52.4 Å². The number of amides is 1. The predicted molar refractivity (Wildman–Crippen MR) is 82.4 cm³/mol. The molecule has 4 heteroatoms. The molecule has 2 aliphatic rings. The van der Waals surface area contributed by atoms with Gasteiger partial charge >= 0.3 is 0 Å². The maximum absolute atomic E-state index is 12.2. The summed E-state index contributed by atoms with van der Waals surface area (Å²) in [4.78, 5) is 14.6. The molecular formula is C16H31N3O.